The molecule has 0 fully saturated rings. The van der Waals surface area contributed by atoms with E-state index in [2.05, 4.69) is 9.97 Å². The third-order valence-corrected chi connectivity index (χ3v) is 3.41. The normalized spacial score (nSPS) is 14.2. The lowest BCUT2D eigenvalue weighted by Crippen LogP contribution is -1.96. The number of aromatic amines is 1. The number of fused-ring (bicyclic) bond motifs is 1. The Labute approximate surface area is 93.1 Å². The Balaban J connectivity index is 2.63. The quantitative estimate of drug-likeness (QED) is 0.821. The van der Waals surface area contributed by atoms with E-state index in [0.29, 0.717) is 16.9 Å². The standard InChI is InChI=1S/C10H12N2O3S/c1-6(13)10-11-8-4-3-7(16(2,14)15)5-9(8)12-10/h3-6,13H,1-2H3,(H,11,12)/t6-/m0/s1. The van der Waals surface area contributed by atoms with Crippen molar-refractivity contribution < 1.29 is 13.5 Å². The molecule has 1 heterocycles. The van der Waals surface area contributed by atoms with Crippen LogP contribution in [0.1, 0.15) is 18.9 Å². The Morgan fingerprint density at radius 1 is 1.44 bits per heavy atom. The largest absolute Gasteiger partial charge is 0.385 e. The number of nitrogens with zero attached hydrogens (tertiary/aromatic N) is 1. The van der Waals surface area contributed by atoms with Gasteiger partial charge < -0.3 is 10.1 Å². The summed E-state index contributed by atoms with van der Waals surface area (Å²) in [5.74, 6) is 0.431. The van der Waals surface area contributed by atoms with Gasteiger partial charge in [0.25, 0.3) is 0 Å². The van der Waals surface area contributed by atoms with Crippen LogP contribution in [0, 0.1) is 0 Å². The van der Waals surface area contributed by atoms with Gasteiger partial charge in [0, 0.05) is 6.26 Å². The minimum Gasteiger partial charge on any atom is -0.385 e. The molecule has 2 rings (SSSR count). The zero-order chi connectivity index (χ0) is 11.9. The molecule has 0 spiro atoms. The zero-order valence-corrected chi connectivity index (χ0v) is 9.75. The molecule has 0 aliphatic heterocycles. The summed E-state index contributed by atoms with van der Waals surface area (Å²) in [6, 6.07) is 4.64. The molecule has 0 unspecified atom stereocenters. The fourth-order valence-corrected chi connectivity index (χ4v) is 2.08. The second kappa shape index (κ2) is 3.57. The number of sulfone groups is 1. The van der Waals surface area contributed by atoms with E-state index in [-0.39, 0.29) is 4.90 Å². The first kappa shape index (κ1) is 11.1. The maximum Gasteiger partial charge on any atom is 0.175 e. The van der Waals surface area contributed by atoms with Crippen molar-refractivity contribution in [2.75, 3.05) is 6.26 Å². The summed E-state index contributed by atoms with van der Waals surface area (Å²) < 4.78 is 22.7. The molecule has 0 aliphatic rings. The van der Waals surface area contributed by atoms with Crippen LogP contribution in [0.4, 0.5) is 0 Å². The lowest BCUT2D eigenvalue weighted by Gasteiger charge is -1.96. The highest BCUT2D eigenvalue weighted by Gasteiger charge is 2.11. The van der Waals surface area contributed by atoms with Gasteiger partial charge >= 0.3 is 0 Å². The second-order valence-electron chi connectivity index (χ2n) is 3.75. The number of aliphatic hydroxyl groups excluding tert-OH is 1. The van der Waals surface area contributed by atoms with Crippen LogP contribution in [-0.4, -0.2) is 29.7 Å². The van der Waals surface area contributed by atoms with Crippen LogP contribution in [0.2, 0.25) is 0 Å². The molecule has 0 saturated carbocycles. The number of hydrogen-bond acceptors (Lipinski definition) is 4. The van der Waals surface area contributed by atoms with Crippen molar-refractivity contribution in [3.8, 4) is 0 Å². The molecule has 0 radical (unpaired) electrons. The first-order valence-electron chi connectivity index (χ1n) is 4.76. The van der Waals surface area contributed by atoms with E-state index < -0.39 is 15.9 Å². The van der Waals surface area contributed by atoms with Gasteiger partial charge in [-0.05, 0) is 25.1 Å². The molecular formula is C10H12N2O3S. The molecule has 0 saturated heterocycles. The monoisotopic (exact) mass is 240 g/mol. The average molecular weight is 240 g/mol. The molecule has 2 N–H and O–H groups in total. The first-order chi connectivity index (χ1) is 7.38. The Bertz CT molecular complexity index is 629. The van der Waals surface area contributed by atoms with Gasteiger partial charge in [-0.15, -0.1) is 0 Å². The van der Waals surface area contributed by atoms with Gasteiger partial charge in [0.2, 0.25) is 0 Å². The number of aliphatic hydroxyl groups is 1. The highest BCUT2D eigenvalue weighted by molar-refractivity contribution is 7.90. The molecule has 6 heteroatoms. The van der Waals surface area contributed by atoms with Gasteiger partial charge in [0.05, 0.1) is 15.9 Å². The van der Waals surface area contributed by atoms with Crippen molar-refractivity contribution in [1.82, 2.24) is 9.97 Å². The number of H-pyrrole nitrogens is 1. The summed E-state index contributed by atoms with van der Waals surface area (Å²) in [4.78, 5) is 7.25. The van der Waals surface area contributed by atoms with Crippen molar-refractivity contribution in [2.45, 2.75) is 17.9 Å². The van der Waals surface area contributed by atoms with E-state index in [1.165, 1.54) is 12.1 Å². The SMILES string of the molecule is C[C@H](O)c1nc2ccc(S(C)(=O)=O)cc2[nH]1. The highest BCUT2D eigenvalue weighted by Crippen LogP contribution is 2.19. The number of imidazole rings is 1. The predicted octanol–water partition coefficient (Wildman–Crippen LogP) is 1.02. The number of benzene rings is 1. The summed E-state index contributed by atoms with van der Waals surface area (Å²) in [6.45, 7) is 1.59. The molecule has 0 bridgehead atoms. The molecule has 2 aromatic rings. The Hall–Kier alpha value is -1.40. The lowest BCUT2D eigenvalue weighted by molar-refractivity contribution is 0.190. The van der Waals surface area contributed by atoms with E-state index in [1.54, 1.807) is 13.0 Å². The van der Waals surface area contributed by atoms with Crippen molar-refractivity contribution in [3.05, 3.63) is 24.0 Å². The van der Waals surface area contributed by atoms with Crippen LogP contribution < -0.4 is 0 Å². The number of aromatic nitrogens is 2. The summed E-state index contributed by atoms with van der Waals surface area (Å²) in [5.41, 5.74) is 1.25. The van der Waals surface area contributed by atoms with E-state index in [0.717, 1.165) is 6.26 Å². The zero-order valence-electron chi connectivity index (χ0n) is 8.93. The number of rotatable bonds is 2. The maximum atomic E-state index is 11.3. The molecule has 1 aromatic carbocycles. The van der Waals surface area contributed by atoms with Crippen LogP contribution >= 0.6 is 0 Å². The Kier molecular flexibility index (Phi) is 2.47. The second-order valence-corrected chi connectivity index (χ2v) is 5.76. The van der Waals surface area contributed by atoms with E-state index in [1.807, 2.05) is 0 Å². The average Bonchev–Trinajstić information content (AvgIpc) is 2.58. The van der Waals surface area contributed by atoms with Crippen LogP contribution in [-0.2, 0) is 9.84 Å². The molecule has 0 aliphatic carbocycles. The highest BCUT2D eigenvalue weighted by atomic mass is 32.2. The molecule has 1 atom stereocenters. The summed E-state index contributed by atoms with van der Waals surface area (Å²) in [6.07, 6.45) is 0.453. The van der Waals surface area contributed by atoms with Crippen molar-refractivity contribution in [1.29, 1.82) is 0 Å². The first-order valence-corrected chi connectivity index (χ1v) is 6.65. The van der Waals surface area contributed by atoms with Crippen LogP contribution in [0.25, 0.3) is 11.0 Å². The van der Waals surface area contributed by atoms with Gasteiger partial charge in [-0.1, -0.05) is 0 Å². The third-order valence-electron chi connectivity index (χ3n) is 2.30. The molecule has 0 amide bonds. The van der Waals surface area contributed by atoms with Gasteiger partial charge in [-0.2, -0.15) is 0 Å². The summed E-state index contributed by atoms with van der Waals surface area (Å²) in [5, 5.41) is 9.34. The smallest absolute Gasteiger partial charge is 0.175 e. The number of hydrogen-bond donors (Lipinski definition) is 2. The van der Waals surface area contributed by atoms with Crippen molar-refractivity contribution in [2.24, 2.45) is 0 Å². The molecule has 86 valence electrons. The molecule has 16 heavy (non-hydrogen) atoms. The summed E-state index contributed by atoms with van der Waals surface area (Å²) >= 11 is 0. The van der Waals surface area contributed by atoms with Gasteiger partial charge in [0.1, 0.15) is 11.9 Å². The topological polar surface area (TPSA) is 83.1 Å². The van der Waals surface area contributed by atoms with Crippen LogP contribution in [0.5, 0.6) is 0 Å². The van der Waals surface area contributed by atoms with Gasteiger partial charge in [0.15, 0.2) is 9.84 Å². The molecule has 5 nitrogen and oxygen atoms in total. The van der Waals surface area contributed by atoms with E-state index >= 15 is 0 Å². The van der Waals surface area contributed by atoms with E-state index in [9.17, 15) is 13.5 Å². The Morgan fingerprint density at radius 3 is 2.69 bits per heavy atom. The lowest BCUT2D eigenvalue weighted by atomic mass is 10.3. The minimum absolute atomic E-state index is 0.237. The summed E-state index contributed by atoms with van der Waals surface area (Å²) in [7, 11) is -3.22. The van der Waals surface area contributed by atoms with Crippen molar-refractivity contribution >= 4 is 20.9 Å². The fraction of sp³-hybridized carbons (Fsp3) is 0.300. The fourth-order valence-electron chi connectivity index (χ4n) is 1.44. The Morgan fingerprint density at radius 2 is 2.12 bits per heavy atom. The van der Waals surface area contributed by atoms with Crippen LogP contribution in [0.15, 0.2) is 23.1 Å². The van der Waals surface area contributed by atoms with Crippen molar-refractivity contribution in [3.63, 3.8) is 0 Å². The predicted molar refractivity (Wildman–Crippen MR) is 59.8 cm³/mol. The molecule has 1 aromatic heterocycles. The minimum atomic E-state index is -3.22. The number of nitrogens with one attached hydrogen (secondary N) is 1. The van der Waals surface area contributed by atoms with Gasteiger partial charge in [-0.25, -0.2) is 13.4 Å². The molecular weight excluding hydrogens is 228 g/mol. The maximum absolute atomic E-state index is 11.3. The van der Waals surface area contributed by atoms with E-state index in [4.69, 9.17) is 0 Å². The van der Waals surface area contributed by atoms with Gasteiger partial charge in [-0.3, -0.25) is 0 Å². The third kappa shape index (κ3) is 1.94. The van der Waals surface area contributed by atoms with Crippen LogP contribution in [0.3, 0.4) is 0 Å².